The molecule has 0 aliphatic carbocycles. The summed E-state index contributed by atoms with van der Waals surface area (Å²) in [4.78, 5) is 26.4. The molecule has 204 valence electrons. The number of carbonyl (C=O) groups excluding carboxylic acids is 1. The molecule has 0 saturated carbocycles. The van der Waals surface area contributed by atoms with Crippen LogP contribution in [0.5, 0.6) is 28.7 Å². The van der Waals surface area contributed by atoms with Crippen molar-refractivity contribution in [3.63, 3.8) is 0 Å². The van der Waals surface area contributed by atoms with Crippen LogP contribution in [0.1, 0.15) is 29.0 Å². The van der Waals surface area contributed by atoms with Crippen LogP contribution in [0, 0.1) is 0 Å². The Balaban J connectivity index is 1.69. The molecule has 0 spiro atoms. The number of methoxy groups -OCH3 is 4. The third-order valence-corrected chi connectivity index (χ3v) is 6.54. The van der Waals surface area contributed by atoms with Gasteiger partial charge in [0.2, 0.25) is 11.7 Å². The second-order valence-electron chi connectivity index (χ2n) is 8.81. The second-order valence-corrected chi connectivity index (χ2v) is 8.81. The van der Waals surface area contributed by atoms with Crippen molar-refractivity contribution < 1.29 is 33.3 Å². The molecule has 1 aromatic heterocycles. The molecule has 39 heavy (non-hydrogen) atoms. The molecule has 0 fully saturated rings. The number of ether oxygens (including phenoxy) is 4. The van der Waals surface area contributed by atoms with Crippen molar-refractivity contribution in [1.29, 1.82) is 0 Å². The number of amides is 1. The molecule has 1 amide bonds. The van der Waals surface area contributed by atoms with E-state index in [2.05, 4.69) is 5.32 Å². The Morgan fingerprint density at radius 2 is 1.59 bits per heavy atom. The van der Waals surface area contributed by atoms with Crippen molar-refractivity contribution in [2.24, 2.45) is 0 Å². The van der Waals surface area contributed by atoms with Gasteiger partial charge in [0.15, 0.2) is 11.5 Å². The van der Waals surface area contributed by atoms with E-state index in [1.165, 1.54) is 21.3 Å². The molecule has 4 aromatic rings. The van der Waals surface area contributed by atoms with Gasteiger partial charge in [-0.05, 0) is 53.9 Å². The van der Waals surface area contributed by atoms with Crippen LogP contribution in [-0.4, -0.2) is 46.0 Å². The molecule has 0 saturated heterocycles. The van der Waals surface area contributed by atoms with E-state index < -0.39 is 11.5 Å². The molecule has 9 heteroatoms. The normalized spacial score (nSPS) is 11.6. The van der Waals surface area contributed by atoms with E-state index in [1.807, 2.05) is 24.3 Å². The molecule has 0 radical (unpaired) electrons. The van der Waals surface area contributed by atoms with Gasteiger partial charge in [0, 0.05) is 18.9 Å². The number of rotatable bonds is 11. The molecule has 1 heterocycles. The first-order valence-corrected chi connectivity index (χ1v) is 12.3. The maximum atomic E-state index is 13.2. The van der Waals surface area contributed by atoms with E-state index in [-0.39, 0.29) is 29.2 Å². The summed E-state index contributed by atoms with van der Waals surface area (Å²) >= 11 is 0. The quantitative estimate of drug-likeness (QED) is 0.272. The van der Waals surface area contributed by atoms with Crippen LogP contribution in [0.3, 0.4) is 0 Å². The number of hydrogen-bond donors (Lipinski definition) is 2. The minimum atomic E-state index is -0.874. The zero-order chi connectivity index (χ0) is 27.9. The van der Waals surface area contributed by atoms with E-state index in [0.29, 0.717) is 41.2 Å². The first kappa shape index (κ1) is 27.4. The maximum Gasteiger partial charge on any atom is 0.343 e. The predicted molar refractivity (Wildman–Crippen MR) is 146 cm³/mol. The number of carbonyl (C=O) groups is 1. The Bertz CT molecular complexity index is 1490. The molecule has 0 bridgehead atoms. The SMILES string of the molecule is COc1ccc(CCNC(=O)CC(c2cc(OC)c(OC)c(OC)c2)c2c(O)c3ccccc3oc2=O)cc1. The molecule has 2 N–H and O–H groups in total. The van der Waals surface area contributed by atoms with Crippen LogP contribution < -0.4 is 29.9 Å². The van der Waals surface area contributed by atoms with Crippen molar-refractivity contribution in [3.05, 3.63) is 87.8 Å². The van der Waals surface area contributed by atoms with E-state index in [4.69, 9.17) is 23.4 Å². The topological polar surface area (TPSA) is 116 Å². The molecule has 4 rings (SSSR count). The number of nitrogens with one attached hydrogen (secondary N) is 1. The highest BCUT2D eigenvalue weighted by Gasteiger charge is 2.29. The second kappa shape index (κ2) is 12.3. The van der Waals surface area contributed by atoms with Gasteiger partial charge in [-0.1, -0.05) is 24.3 Å². The third kappa shape index (κ3) is 5.93. The van der Waals surface area contributed by atoms with E-state index in [0.717, 1.165) is 11.3 Å². The standard InChI is InChI=1S/C30H31NO8/c1-35-20-11-9-18(10-12-20)13-14-31-26(32)17-22(19-15-24(36-2)29(38-4)25(16-19)37-3)27-28(33)21-7-5-6-8-23(21)39-30(27)34/h5-12,15-16,22,33H,13-14,17H2,1-4H3,(H,31,32). The Kier molecular flexibility index (Phi) is 8.60. The van der Waals surface area contributed by atoms with Crippen LogP contribution >= 0.6 is 0 Å². The van der Waals surface area contributed by atoms with E-state index >= 15 is 0 Å². The summed E-state index contributed by atoms with van der Waals surface area (Å²) in [5.74, 6) is 0.385. The number of hydrogen-bond acceptors (Lipinski definition) is 8. The van der Waals surface area contributed by atoms with Crippen LogP contribution in [0.2, 0.25) is 0 Å². The Morgan fingerprint density at radius 1 is 0.923 bits per heavy atom. The Hall–Kier alpha value is -4.66. The lowest BCUT2D eigenvalue weighted by Gasteiger charge is -2.21. The highest BCUT2D eigenvalue weighted by Crippen LogP contribution is 2.43. The van der Waals surface area contributed by atoms with Crippen LogP contribution in [-0.2, 0) is 11.2 Å². The van der Waals surface area contributed by atoms with Crippen LogP contribution in [0.25, 0.3) is 11.0 Å². The minimum absolute atomic E-state index is 0.0340. The molecular weight excluding hydrogens is 502 g/mol. The van der Waals surface area contributed by atoms with Gasteiger partial charge < -0.3 is 33.8 Å². The number of benzene rings is 3. The van der Waals surface area contributed by atoms with E-state index in [9.17, 15) is 14.7 Å². The first-order chi connectivity index (χ1) is 18.9. The highest BCUT2D eigenvalue weighted by molar-refractivity contribution is 5.85. The Labute approximate surface area is 225 Å². The zero-order valence-corrected chi connectivity index (χ0v) is 22.3. The summed E-state index contributed by atoms with van der Waals surface area (Å²) < 4.78 is 27.1. The molecule has 1 unspecified atom stereocenters. The maximum absolute atomic E-state index is 13.2. The summed E-state index contributed by atoms with van der Waals surface area (Å²) in [7, 11) is 6.04. The van der Waals surface area contributed by atoms with Gasteiger partial charge in [0.05, 0.1) is 39.4 Å². The third-order valence-electron chi connectivity index (χ3n) is 6.54. The van der Waals surface area contributed by atoms with Crippen LogP contribution in [0.4, 0.5) is 0 Å². The lowest BCUT2D eigenvalue weighted by Crippen LogP contribution is -2.28. The lowest BCUT2D eigenvalue weighted by atomic mass is 9.87. The van der Waals surface area contributed by atoms with Gasteiger partial charge in [-0.15, -0.1) is 0 Å². The monoisotopic (exact) mass is 533 g/mol. The zero-order valence-electron chi connectivity index (χ0n) is 22.3. The predicted octanol–water partition coefficient (Wildman–Crippen LogP) is 4.41. The summed E-state index contributed by atoms with van der Waals surface area (Å²) in [6.45, 7) is 0.380. The van der Waals surface area contributed by atoms with Crippen molar-refractivity contribution in [1.82, 2.24) is 5.32 Å². The smallest absolute Gasteiger partial charge is 0.343 e. The van der Waals surface area contributed by atoms with Gasteiger partial charge in [-0.2, -0.15) is 0 Å². The molecule has 0 aliphatic rings. The average Bonchev–Trinajstić information content (AvgIpc) is 2.96. The largest absolute Gasteiger partial charge is 0.507 e. The fourth-order valence-corrected chi connectivity index (χ4v) is 4.54. The molecule has 9 nitrogen and oxygen atoms in total. The number of para-hydroxylation sites is 1. The Morgan fingerprint density at radius 3 is 2.21 bits per heavy atom. The van der Waals surface area contributed by atoms with Crippen molar-refractivity contribution in [2.45, 2.75) is 18.8 Å². The summed E-state index contributed by atoms with van der Waals surface area (Å²) in [6.07, 6.45) is 0.464. The molecule has 1 atom stereocenters. The molecular formula is C30H31NO8. The van der Waals surface area contributed by atoms with Crippen LogP contribution in [0.15, 0.2) is 69.9 Å². The number of fused-ring (bicyclic) bond motifs is 1. The van der Waals surface area contributed by atoms with Crippen molar-refractivity contribution >= 4 is 16.9 Å². The first-order valence-electron chi connectivity index (χ1n) is 12.3. The summed E-state index contributed by atoms with van der Waals surface area (Å²) in [5, 5.41) is 14.5. The van der Waals surface area contributed by atoms with Gasteiger partial charge in [0.25, 0.3) is 0 Å². The summed E-state index contributed by atoms with van der Waals surface area (Å²) in [5.41, 5.74) is 1.01. The van der Waals surface area contributed by atoms with Gasteiger partial charge in [-0.3, -0.25) is 4.79 Å². The lowest BCUT2D eigenvalue weighted by molar-refractivity contribution is -0.121. The van der Waals surface area contributed by atoms with Gasteiger partial charge >= 0.3 is 5.63 Å². The molecule has 3 aromatic carbocycles. The average molecular weight is 534 g/mol. The van der Waals surface area contributed by atoms with Gasteiger partial charge in [-0.25, -0.2) is 4.79 Å². The van der Waals surface area contributed by atoms with Crippen molar-refractivity contribution in [2.75, 3.05) is 35.0 Å². The highest BCUT2D eigenvalue weighted by atomic mass is 16.5. The van der Waals surface area contributed by atoms with Gasteiger partial charge in [0.1, 0.15) is 17.1 Å². The van der Waals surface area contributed by atoms with E-state index in [1.54, 1.807) is 43.5 Å². The minimum Gasteiger partial charge on any atom is -0.507 e. The number of aromatic hydroxyl groups is 1. The fraction of sp³-hybridized carbons (Fsp3) is 0.267. The van der Waals surface area contributed by atoms with Crippen molar-refractivity contribution in [3.8, 4) is 28.7 Å². The fourth-order valence-electron chi connectivity index (χ4n) is 4.54. The summed E-state index contributed by atoms with van der Waals surface area (Å²) in [6, 6.07) is 17.6. The molecule has 0 aliphatic heterocycles.